The topological polar surface area (TPSA) is 70.1 Å². The van der Waals surface area contributed by atoms with Gasteiger partial charge in [0.1, 0.15) is 0 Å². The van der Waals surface area contributed by atoms with Gasteiger partial charge in [0.15, 0.2) is 0 Å². The number of carbonyl (C=O) groups is 2. The third-order valence-corrected chi connectivity index (χ3v) is 3.24. The summed E-state index contributed by atoms with van der Waals surface area (Å²) in [5.74, 6) is -0.893. The molecule has 1 atom stereocenters. The van der Waals surface area contributed by atoms with E-state index in [-0.39, 0.29) is 18.6 Å². The van der Waals surface area contributed by atoms with Crippen molar-refractivity contribution in [3.05, 3.63) is 0 Å². The van der Waals surface area contributed by atoms with Crippen molar-refractivity contribution < 1.29 is 19.4 Å². The predicted octanol–water partition coefficient (Wildman–Crippen LogP) is 1.40. The molecule has 0 radical (unpaired) electrons. The first-order valence-electron chi connectivity index (χ1n) is 6.88. The molecule has 1 rings (SSSR count). The minimum Gasteiger partial charge on any atom is -0.481 e. The Bertz CT molecular complexity index is 309. The molecule has 1 fully saturated rings. The van der Waals surface area contributed by atoms with Gasteiger partial charge in [-0.1, -0.05) is 19.8 Å². The summed E-state index contributed by atoms with van der Waals surface area (Å²) < 4.78 is 5.35. The van der Waals surface area contributed by atoms with Gasteiger partial charge in [0.25, 0.3) is 0 Å². The van der Waals surface area contributed by atoms with Crippen molar-refractivity contribution >= 4 is 12.0 Å². The molecule has 0 saturated carbocycles. The molecule has 1 saturated heterocycles. The second-order valence-electron chi connectivity index (χ2n) is 4.95. The molecule has 0 spiro atoms. The smallest absolute Gasteiger partial charge is 0.319 e. The number of carbonyl (C=O) groups excluding carboxylic acids is 1. The van der Waals surface area contributed by atoms with Crippen LogP contribution in [0.4, 0.5) is 4.79 Å². The van der Waals surface area contributed by atoms with Gasteiger partial charge >= 0.3 is 12.0 Å². The SMILES string of the molecule is CCCCCN(C)C(=O)N1CCOC(CC(=O)O)C1. The molecule has 6 heteroatoms. The number of unbranched alkanes of at least 4 members (excludes halogenated alkanes) is 2. The van der Waals surface area contributed by atoms with E-state index in [0.717, 1.165) is 25.8 Å². The van der Waals surface area contributed by atoms with Gasteiger partial charge in [0.2, 0.25) is 0 Å². The van der Waals surface area contributed by atoms with Crippen molar-refractivity contribution in [2.45, 2.75) is 38.7 Å². The summed E-state index contributed by atoms with van der Waals surface area (Å²) in [6.45, 7) is 4.18. The lowest BCUT2D eigenvalue weighted by molar-refractivity contribution is -0.141. The highest BCUT2D eigenvalue weighted by Crippen LogP contribution is 2.11. The van der Waals surface area contributed by atoms with Gasteiger partial charge in [0, 0.05) is 26.7 Å². The Balaban J connectivity index is 2.40. The third-order valence-electron chi connectivity index (χ3n) is 3.24. The van der Waals surface area contributed by atoms with Crippen LogP contribution in [0.1, 0.15) is 32.6 Å². The van der Waals surface area contributed by atoms with Crippen LogP contribution < -0.4 is 0 Å². The van der Waals surface area contributed by atoms with E-state index in [9.17, 15) is 9.59 Å². The molecular weight excluding hydrogens is 248 g/mol. The molecule has 110 valence electrons. The summed E-state index contributed by atoms with van der Waals surface area (Å²) >= 11 is 0. The summed E-state index contributed by atoms with van der Waals surface area (Å²) in [6.07, 6.45) is 2.80. The van der Waals surface area contributed by atoms with Gasteiger partial charge in [-0.15, -0.1) is 0 Å². The Kier molecular flexibility index (Phi) is 6.62. The number of hydrogen-bond acceptors (Lipinski definition) is 3. The second-order valence-corrected chi connectivity index (χ2v) is 4.95. The zero-order chi connectivity index (χ0) is 14.3. The number of morpholine rings is 1. The zero-order valence-corrected chi connectivity index (χ0v) is 11.8. The Morgan fingerprint density at radius 2 is 2.16 bits per heavy atom. The zero-order valence-electron chi connectivity index (χ0n) is 11.8. The lowest BCUT2D eigenvalue weighted by atomic mass is 10.2. The predicted molar refractivity (Wildman–Crippen MR) is 71.1 cm³/mol. The fourth-order valence-corrected chi connectivity index (χ4v) is 2.15. The summed E-state index contributed by atoms with van der Waals surface area (Å²) in [7, 11) is 1.79. The minimum absolute atomic E-state index is 0.0326. The summed E-state index contributed by atoms with van der Waals surface area (Å²) in [4.78, 5) is 26.2. The average molecular weight is 272 g/mol. The van der Waals surface area contributed by atoms with E-state index >= 15 is 0 Å². The second kappa shape index (κ2) is 7.99. The van der Waals surface area contributed by atoms with Crippen LogP contribution in [-0.4, -0.2) is 66.3 Å². The largest absolute Gasteiger partial charge is 0.481 e. The van der Waals surface area contributed by atoms with Gasteiger partial charge < -0.3 is 19.6 Å². The maximum Gasteiger partial charge on any atom is 0.319 e. The molecule has 0 aromatic heterocycles. The average Bonchev–Trinajstić information content (AvgIpc) is 2.37. The monoisotopic (exact) mass is 272 g/mol. The highest BCUT2D eigenvalue weighted by Gasteiger charge is 2.27. The molecule has 19 heavy (non-hydrogen) atoms. The minimum atomic E-state index is -0.893. The number of aliphatic carboxylic acids is 1. The van der Waals surface area contributed by atoms with Crippen molar-refractivity contribution in [1.29, 1.82) is 0 Å². The first-order chi connectivity index (χ1) is 9.04. The fraction of sp³-hybridized carbons (Fsp3) is 0.846. The molecule has 0 aromatic rings. The van der Waals surface area contributed by atoms with Crippen molar-refractivity contribution in [3.8, 4) is 0 Å². The standard InChI is InChI=1S/C13H24N2O4/c1-3-4-5-6-14(2)13(18)15-7-8-19-11(10-15)9-12(16)17/h11H,3-10H2,1-2H3,(H,16,17). The van der Waals surface area contributed by atoms with Crippen LogP contribution in [0.2, 0.25) is 0 Å². The Morgan fingerprint density at radius 3 is 2.79 bits per heavy atom. The molecule has 1 heterocycles. The van der Waals surface area contributed by atoms with Crippen LogP contribution in [0, 0.1) is 0 Å². The van der Waals surface area contributed by atoms with Gasteiger partial charge in [-0.3, -0.25) is 4.79 Å². The molecule has 2 amide bonds. The molecule has 0 bridgehead atoms. The molecule has 0 aliphatic carbocycles. The van der Waals surface area contributed by atoms with Gasteiger partial charge in [-0.2, -0.15) is 0 Å². The Hall–Kier alpha value is -1.30. The number of nitrogens with zero attached hydrogens (tertiary/aromatic N) is 2. The molecule has 1 unspecified atom stereocenters. The van der Waals surface area contributed by atoms with Crippen molar-refractivity contribution in [2.24, 2.45) is 0 Å². The van der Waals surface area contributed by atoms with E-state index in [1.807, 2.05) is 0 Å². The maximum absolute atomic E-state index is 12.2. The summed E-state index contributed by atoms with van der Waals surface area (Å²) in [6, 6.07) is -0.0326. The van der Waals surface area contributed by atoms with Gasteiger partial charge in [-0.25, -0.2) is 4.79 Å². The number of rotatable bonds is 6. The van der Waals surface area contributed by atoms with E-state index in [4.69, 9.17) is 9.84 Å². The van der Waals surface area contributed by atoms with Crippen LogP contribution >= 0.6 is 0 Å². The van der Waals surface area contributed by atoms with Crippen molar-refractivity contribution in [3.63, 3.8) is 0 Å². The van der Waals surface area contributed by atoms with Crippen molar-refractivity contribution in [1.82, 2.24) is 9.80 Å². The third kappa shape index (κ3) is 5.46. The normalized spacial score (nSPS) is 19.3. The van der Waals surface area contributed by atoms with E-state index in [0.29, 0.717) is 19.7 Å². The molecule has 1 aliphatic rings. The molecule has 6 nitrogen and oxygen atoms in total. The molecular formula is C13H24N2O4. The number of amides is 2. The van der Waals surface area contributed by atoms with Crippen molar-refractivity contribution in [2.75, 3.05) is 33.3 Å². The van der Waals surface area contributed by atoms with Gasteiger partial charge in [-0.05, 0) is 6.42 Å². The highest BCUT2D eigenvalue weighted by atomic mass is 16.5. The van der Waals surface area contributed by atoms with Crippen LogP contribution in [-0.2, 0) is 9.53 Å². The Morgan fingerprint density at radius 1 is 1.42 bits per heavy atom. The van der Waals surface area contributed by atoms with Gasteiger partial charge in [0.05, 0.1) is 19.1 Å². The first-order valence-corrected chi connectivity index (χ1v) is 6.88. The first kappa shape index (κ1) is 15.8. The van der Waals surface area contributed by atoms with Crippen LogP contribution in [0.15, 0.2) is 0 Å². The lowest BCUT2D eigenvalue weighted by Crippen LogP contribution is -2.50. The Labute approximate surface area is 114 Å². The summed E-state index contributed by atoms with van der Waals surface area (Å²) in [5.41, 5.74) is 0. The van der Waals surface area contributed by atoms with E-state index in [1.54, 1.807) is 16.8 Å². The number of hydrogen-bond donors (Lipinski definition) is 1. The highest BCUT2D eigenvalue weighted by molar-refractivity contribution is 5.74. The number of urea groups is 1. The molecule has 0 aromatic carbocycles. The molecule has 1 aliphatic heterocycles. The maximum atomic E-state index is 12.2. The number of carboxylic acid groups (broad SMARTS) is 1. The number of ether oxygens (including phenoxy) is 1. The van der Waals surface area contributed by atoms with Crippen LogP contribution in [0.3, 0.4) is 0 Å². The molecule has 1 N–H and O–H groups in total. The van der Waals surface area contributed by atoms with Crippen LogP contribution in [0.25, 0.3) is 0 Å². The number of carboxylic acids is 1. The van der Waals surface area contributed by atoms with Crippen LogP contribution in [0.5, 0.6) is 0 Å². The fourth-order valence-electron chi connectivity index (χ4n) is 2.15. The van der Waals surface area contributed by atoms with E-state index in [2.05, 4.69) is 6.92 Å². The summed E-state index contributed by atoms with van der Waals surface area (Å²) in [5, 5.41) is 8.75. The lowest BCUT2D eigenvalue weighted by Gasteiger charge is -2.34. The van der Waals surface area contributed by atoms with E-state index in [1.165, 1.54) is 0 Å². The quantitative estimate of drug-likeness (QED) is 0.742. The van der Waals surface area contributed by atoms with E-state index < -0.39 is 5.97 Å².